The van der Waals surface area contributed by atoms with E-state index < -0.39 is 10.0 Å². The van der Waals surface area contributed by atoms with Crippen molar-refractivity contribution in [2.45, 2.75) is 37.7 Å². The molecule has 1 aromatic carbocycles. The van der Waals surface area contributed by atoms with Crippen molar-refractivity contribution < 1.29 is 17.9 Å². The number of benzene rings is 1. The lowest BCUT2D eigenvalue weighted by Gasteiger charge is -2.02. The number of nitrogens with one attached hydrogen (secondary N) is 1. The molecule has 2 aromatic rings. The van der Waals surface area contributed by atoms with E-state index in [9.17, 15) is 13.2 Å². The van der Waals surface area contributed by atoms with E-state index >= 15 is 0 Å². The molecule has 1 aromatic heterocycles. The number of sulfonamides is 1. The number of carbonyl (C=O) groups is 1. The Bertz CT molecular complexity index is 935. The summed E-state index contributed by atoms with van der Waals surface area (Å²) in [4.78, 5) is 20.6. The summed E-state index contributed by atoms with van der Waals surface area (Å²) in [5, 5.41) is 2.91. The summed E-state index contributed by atoms with van der Waals surface area (Å²) < 4.78 is 31.6. The number of carbonyl (C=O) groups excluding carboxylic acids is 1. The monoisotopic (exact) mass is 393 g/mol. The van der Waals surface area contributed by atoms with Crippen molar-refractivity contribution in [1.82, 2.24) is 9.71 Å². The zero-order valence-corrected chi connectivity index (χ0v) is 15.9. The summed E-state index contributed by atoms with van der Waals surface area (Å²) in [5.41, 5.74) is 1.32. The van der Waals surface area contributed by atoms with Gasteiger partial charge in [0.2, 0.25) is 0 Å². The second-order valence-electron chi connectivity index (χ2n) is 5.68. The Morgan fingerprint density at radius 3 is 2.92 bits per heavy atom. The topological polar surface area (TPSA) is 97.7 Å². The summed E-state index contributed by atoms with van der Waals surface area (Å²) in [6.07, 6.45) is 1.56. The van der Waals surface area contributed by atoms with Gasteiger partial charge in [0, 0.05) is 23.9 Å². The van der Waals surface area contributed by atoms with Crippen molar-refractivity contribution in [3.8, 4) is 0 Å². The Kier molecular flexibility index (Phi) is 5.67. The Hall–Kier alpha value is -2.26. The highest BCUT2D eigenvalue weighted by Gasteiger charge is 2.29. The van der Waals surface area contributed by atoms with Crippen molar-refractivity contribution >= 4 is 33.2 Å². The van der Waals surface area contributed by atoms with Crippen molar-refractivity contribution in [3.63, 3.8) is 0 Å². The van der Waals surface area contributed by atoms with Gasteiger partial charge in [0.25, 0.3) is 10.0 Å². The number of thiazole rings is 1. The highest BCUT2D eigenvalue weighted by Crippen LogP contribution is 2.22. The van der Waals surface area contributed by atoms with Crippen molar-refractivity contribution in [1.29, 1.82) is 0 Å². The SMILES string of the molecule is CCc1nc(COC(=O)CCCN=C2NS(=O)(=O)c3ccccc32)cs1. The second kappa shape index (κ2) is 7.96. The van der Waals surface area contributed by atoms with Crippen LogP contribution < -0.4 is 4.72 Å². The number of hydrogen-bond acceptors (Lipinski definition) is 7. The van der Waals surface area contributed by atoms with Gasteiger partial charge in [-0.1, -0.05) is 19.1 Å². The zero-order valence-electron chi connectivity index (χ0n) is 14.3. The lowest BCUT2D eigenvalue weighted by Crippen LogP contribution is -2.22. The molecular formula is C17H19N3O4S2. The number of amidine groups is 1. The number of aryl methyl sites for hydroxylation is 1. The third kappa shape index (κ3) is 4.28. The lowest BCUT2D eigenvalue weighted by molar-refractivity contribution is -0.145. The van der Waals surface area contributed by atoms with Gasteiger partial charge in [-0.15, -0.1) is 11.3 Å². The summed E-state index contributed by atoms with van der Waals surface area (Å²) in [5.74, 6) is 0.00665. The van der Waals surface area contributed by atoms with E-state index in [4.69, 9.17) is 4.74 Å². The van der Waals surface area contributed by atoms with Gasteiger partial charge in [-0.2, -0.15) is 0 Å². The lowest BCUT2D eigenvalue weighted by atomic mass is 10.2. The fraction of sp³-hybridized carbons (Fsp3) is 0.353. The third-order valence-electron chi connectivity index (χ3n) is 3.75. The van der Waals surface area contributed by atoms with Crippen molar-refractivity contribution in [2.75, 3.05) is 6.54 Å². The van der Waals surface area contributed by atoms with Gasteiger partial charge in [0.15, 0.2) is 0 Å². The maximum Gasteiger partial charge on any atom is 0.306 e. The second-order valence-corrected chi connectivity index (χ2v) is 8.28. The van der Waals surface area contributed by atoms with Crippen LogP contribution in [0, 0.1) is 0 Å². The number of ether oxygens (including phenoxy) is 1. The van der Waals surface area contributed by atoms with Gasteiger partial charge in [-0.3, -0.25) is 14.5 Å². The number of nitrogens with zero attached hydrogens (tertiary/aromatic N) is 2. The van der Waals surface area contributed by atoms with Crippen LogP contribution in [0.4, 0.5) is 0 Å². The van der Waals surface area contributed by atoms with Gasteiger partial charge in [-0.25, -0.2) is 13.4 Å². The first kappa shape index (κ1) is 18.5. The predicted molar refractivity (Wildman–Crippen MR) is 98.7 cm³/mol. The molecule has 0 aliphatic carbocycles. The first-order valence-electron chi connectivity index (χ1n) is 8.25. The van der Waals surface area contributed by atoms with Gasteiger partial charge < -0.3 is 4.74 Å². The average molecular weight is 393 g/mol. The molecule has 0 atom stereocenters. The van der Waals surface area contributed by atoms with E-state index in [0.717, 1.165) is 17.1 Å². The molecule has 7 nitrogen and oxygen atoms in total. The number of aromatic nitrogens is 1. The van der Waals surface area contributed by atoms with Crippen LogP contribution in [0.25, 0.3) is 0 Å². The number of esters is 1. The van der Waals surface area contributed by atoms with Gasteiger partial charge in [0.05, 0.1) is 15.6 Å². The molecule has 1 N–H and O–H groups in total. The molecule has 9 heteroatoms. The molecule has 0 bridgehead atoms. The molecule has 138 valence electrons. The molecule has 0 unspecified atom stereocenters. The fourth-order valence-electron chi connectivity index (χ4n) is 2.47. The molecule has 0 fully saturated rings. The molecule has 0 saturated heterocycles. The van der Waals surface area contributed by atoms with Crippen molar-refractivity contribution in [2.24, 2.45) is 4.99 Å². The van der Waals surface area contributed by atoms with Crippen LogP contribution in [-0.2, 0) is 32.6 Å². The standard InChI is InChI=1S/C17H19N3O4S2/c1-2-15-19-12(11-25-15)10-24-16(21)8-5-9-18-17-13-6-3-4-7-14(13)26(22,23)20-17/h3-4,6-7,11H,2,5,8-10H2,1H3,(H,18,20). The smallest absolute Gasteiger partial charge is 0.306 e. The molecular weight excluding hydrogens is 374 g/mol. The maximum atomic E-state index is 12.0. The number of aliphatic imine (C=N–C) groups is 1. The van der Waals surface area contributed by atoms with Crippen LogP contribution in [0.15, 0.2) is 39.5 Å². The summed E-state index contributed by atoms with van der Waals surface area (Å²) in [7, 11) is -3.53. The van der Waals surface area contributed by atoms with E-state index in [1.807, 2.05) is 12.3 Å². The van der Waals surface area contributed by atoms with Crippen LogP contribution in [0.2, 0.25) is 0 Å². The number of fused-ring (bicyclic) bond motifs is 1. The largest absolute Gasteiger partial charge is 0.459 e. The van der Waals surface area contributed by atoms with Gasteiger partial charge >= 0.3 is 5.97 Å². The minimum Gasteiger partial charge on any atom is -0.459 e. The van der Waals surface area contributed by atoms with Crippen LogP contribution in [0.1, 0.15) is 36.0 Å². The molecule has 3 rings (SSSR count). The Morgan fingerprint density at radius 1 is 1.35 bits per heavy atom. The minimum absolute atomic E-state index is 0.178. The molecule has 0 spiro atoms. The molecule has 1 aliphatic heterocycles. The van der Waals surface area contributed by atoms with E-state index in [1.165, 1.54) is 0 Å². The molecule has 2 heterocycles. The highest BCUT2D eigenvalue weighted by molar-refractivity contribution is 7.90. The van der Waals surface area contributed by atoms with E-state index in [0.29, 0.717) is 24.4 Å². The highest BCUT2D eigenvalue weighted by atomic mass is 32.2. The normalized spacial score (nSPS) is 16.3. The zero-order chi connectivity index (χ0) is 18.6. The average Bonchev–Trinajstić information content (AvgIpc) is 3.20. The van der Waals surface area contributed by atoms with E-state index in [-0.39, 0.29) is 23.9 Å². The van der Waals surface area contributed by atoms with E-state index in [2.05, 4.69) is 14.7 Å². The van der Waals surface area contributed by atoms with Crippen LogP contribution in [0.5, 0.6) is 0 Å². The number of hydrogen-bond donors (Lipinski definition) is 1. The summed E-state index contributed by atoms with van der Waals surface area (Å²) in [6.45, 7) is 2.54. The first-order chi connectivity index (χ1) is 12.5. The third-order valence-corrected chi connectivity index (χ3v) is 6.19. The first-order valence-corrected chi connectivity index (χ1v) is 10.6. The fourth-order valence-corrected chi connectivity index (χ4v) is 4.45. The Labute approximate surface area is 156 Å². The quantitative estimate of drug-likeness (QED) is 0.575. The van der Waals surface area contributed by atoms with Crippen LogP contribution in [-0.4, -0.2) is 31.8 Å². The predicted octanol–water partition coefficient (Wildman–Crippen LogP) is 2.27. The van der Waals surface area contributed by atoms with Gasteiger partial charge in [-0.05, 0) is 25.0 Å². The Balaban J connectivity index is 1.47. The van der Waals surface area contributed by atoms with Crippen LogP contribution >= 0.6 is 11.3 Å². The molecule has 0 saturated carbocycles. The maximum absolute atomic E-state index is 12.0. The summed E-state index contributed by atoms with van der Waals surface area (Å²) in [6, 6.07) is 6.68. The Morgan fingerprint density at radius 2 is 2.15 bits per heavy atom. The minimum atomic E-state index is -3.53. The number of rotatable bonds is 7. The molecule has 0 amide bonds. The van der Waals surface area contributed by atoms with Gasteiger partial charge in [0.1, 0.15) is 12.4 Å². The van der Waals surface area contributed by atoms with E-state index in [1.54, 1.807) is 35.6 Å². The van der Waals surface area contributed by atoms with Crippen molar-refractivity contribution in [3.05, 3.63) is 45.9 Å². The van der Waals surface area contributed by atoms with Crippen LogP contribution in [0.3, 0.4) is 0 Å². The molecule has 1 aliphatic rings. The molecule has 26 heavy (non-hydrogen) atoms. The molecule has 0 radical (unpaired) electrons. The summed E-state index contributed by atoms with van der Waals surface area (Å²) >= 11 is 1.55.